The first-order valence-electron chi connectivity index (χ1n) is 8.29. The second-order valence-corrected chi connectivity index (χ2v) is 5.65. The summed E-state index contributed by atoms with van der Waals surface area (Å²) in [5.74, 6) is -1.28. The number of hydrogen-bond acceptors (Lipinski definition) is 7. The number of nitrogens with zero attached hydrogens (tertiary/aromatic N) is 2. The Hall–Kier alpha value is -3.75. The summed E-state index contributed by atoms with van der Waals surface area (Å²) in [4.78, 5) is 23.8. The molecule has 0 aliphatic heterocycles. The highest BCUT2D eigenvalue weighted by Gasteiger charge is 2.19. The zero-order valence-electron chi connectivity index (χ0n) is 14.8. The molecule has 0 unspecified atom stereocenters. The van der Waals surface area contributed by atoms with Crippen LogP contribution in [0.25, 0.3) is 11.5 Å². The molecule has 0 saturated carbocycles. The van der Waals surface area contributed by atoms with Crippen LogP contribution < -0.4 is 10.1 Å². The summed E-state index contributed by atoms with van der Waals surface area (Å²) >= 11 is 0. The van der Waals surface area contributed by atoms with E-state index in [4.69, 9.17) is 13.9 Å². The van der Waals surface area contributed by atoms with Gasteiger partial charge in [-0.2, -0.15) is 0 Å². The van der Waals surface area contributed by atoms with Crippen molar-refractivity contribution in [1.29, 1.82) is 0 Å². The molecule has 144 valence electrons. The minimum Gasteiger partial charge on any atom is -0.479 e. The van der Waals surface area contributed by atoms with Crippen molar-refractivity contribution in [2.45, 2.75) is 13.0 Å². The first kappa shape index (κ1) is 19.0. The number of hydrogen-bond donors (Lipinski definition) is 1. The maximum Gasteiger partial charge on any atom is 0.347 e. The summed E-state index contributed by atoms with van der Waals surface area (Å²) < 4.78 is 28.4. The van der Waals surface area contributed by atoms with Gasteiger partial charge in [0.1, 0.15) is 11.6 Å². The molecule has 1 N–H and O–H groups in total. The second kappa shape index (κ2) is 8.76. The Morgan fingerprint density at radius 1 is 1.11 bits per heavy atom. The van der Waals surface area contributed by atoms with Crippen LogP contribution in [0.4, 0.5) is 10.4 Å². The predicted molar refractivity (Wildman–Crippen MR) is 95.8 cm³/mol. The first-order valence-corrected chi connectivity index (χ1v) is 8.29. The molecule has 0 fully saturated rings. The third kappa shape index (κ3) is 5.13. The summed E-state index contributed by atoms with van der Waals surface area (Å²) in [5, 5.41) is 9.89. The Kier molecular flexibility index (Phi) is 5.95. The van der Waals surface area contributed by atoms with Crippen molar-refractivity contribution in [2.24, 2.45) is 0 Å². The molecule has 1 aromatic heterocycles. The van der Waals surface area contributed by atoms with Gasteiger partial charge >= 0.3 is 12.0 Å². The number of anilines is 1. The zero-order chi connectivity index (χ0) is 19.9. The Morgan fingerprint density at radius 3 is 2.54 bits per heavy atom. The number of amides is 1. The minimum atomic E-state index is -0.980. The van der Waals surface area contributed by atoms with Gasteiger partial charge in [0.2, 0.25) is 5.89 Å². The van der Waals surface area contributed by atoms with Crippen LogP contribution >= 0.6 is 0 Å². The molecule has 2 aromatic carbocycles. The van der Waals surface area contributed by atoms with Crippen LogP contribution in [0.15, 0.2) is 59.0 Å². The van der Waals surface area contributed by atoms with Gasteiger partial charge in [-0.25, -0.2) is 9.18 Å². The van der Waals surface area contributed by atoms with E-state index >= 15 is 0 Å². The van der Waals surface area contributed by atoms with E-state index in [1.165, 1.54) is 31.2 Å². The predicted octanol–water partition coefficient (Wildman–Crippen LogP) is 2.82. The molecule has 1 heterocycles. The molecule has 3 rings (SSSR count). The Bertz CT molecular complexity index is 944. The van der Waals surface area contributed by atoms with Crippen LogP contribution in [-0.2, 0) is 14.3 Å². The molecule has 28 heavy (non-hydrogen) atoms. The van der Waals surface area contributed by atoms with E-state index in [0.29, 0.717) is 11.3 Å². The average molecular weight is 385 g/mol. The number of aromatic nitrogens is 2. The van der Waals surface area contributed by atoms with Gasteiger partial charge in [-0.15, -0.1) is 5.10 Å². The largest absolute Gasteiger partial charge is 0.479 e. The summed E-state index contributed by atoms with van der Waals surface area (Å²) in [6, 6.07) is 14.1. The van der Waals surface area contributed by atoms with E-state index in [9.17, 15) is 14.0 Å². The maximum atomic E-state index is 12.9. The standard InChI is InChI=1S/C19H16FN3O5/c1-12(27-15-9-7-14(20)8-10-15)18(25)26-11-16(24)21-19-23-22-17(28-19)13-5-3-2-4-6-13/h2-10,12H,11H2,1H3,(H,21,23,24)/t12-/m0/s1. The average Bonchev–Trinajstić information content (AvgIpc) is 3.17. The number of rotatable bonds is 7. The molecule has 9 heteroatoms. The topological polar surface area (TPSA) is 104 Å². The van der Waals surface area contributed by atoms with Gasteiger partial charge in [-0.05, 0) is 43.3 Å². The van der Waals surface area contributed by atoms with Crippen LogP contribution in [0.5, 0.6) is 5.75 Å². The lowest BCUT2D eigenvalue weighted by Gasteiger charge is -2.13. The SMILES string of the molecule is C[C@H](Oc1ccc(F)cc1)C(=O)OCC(=O)Nc1nnc(-c2ccccc2)o1. The third-order valence-corrected chi connectivity index (χ3v) is 3.50. The van der Waals surface area contributed by atoms with Gasteiger partial charge in [-0.3, -0.25) is 10.1 Å². The van der Waals surface area contributed by atoms with Gasteiger partial charge in [0, 0.05) is 5.56 Å². The molecule has 0 bridgehead atoms. The molecule has 0 aliphatic rings. The Labute approximate surface area is 159 Å². The number of carbonyl (C=O) groups excluding carboxylic acids is 2. The quantitative estimate of drug-likeness (QED) is 0.624. The van der Waals surface area contributed by atoms with Crippen LogP contribution in [0.3, 0.4) is 0 Å². The van der Waals surface area contributed by atoms with Crippen LogP contribution in [0.1, 0.15) is 6.92 Å². The van der Waals surface area contributed by atoms with Crippen molar-refractivity contribution in [1.82, 2.24) is 10.2 Å². The van der Waals surface area contributed by atoms with E-state index < -0.39 is 30.4 Å². The fourth-order valence-electron chi connectivity index (χ4n) is 2.15. The molecule has 8 nitrogen and oxygen atoms in total. The highest BCUT2D eigenvalue weighted by Crippen LogP contribution is 2.19. The molecule has 3 aromatic rings. The highest BCUT2D eigenvalue weighted by atomic mass is 19.1. The van der Waals surface area contributed by atoms with Crippen molar-refractivity contribution in [2.75, 3.05) is 11.9 Å². The number of benzene rings is 2. The molecule has 1 atom stereocenters. The number of nitrogens with one attached hydrogen (secondary N) is 1. The third-order valence-electron chi connectivity index (χ3n) is 3.50. The summed E-state index contributed by atoms with van der Waals surface area (Å²) in [7, 11) is 0. The van der Waals surface area contributed by atoms with Crippen LogP contribution in [-0.4, -0.2) is 34.8 Å². The smallest absolute Gasteiger partial charge is 0.347 e. The zero-order valence-corrected chi connectivity index (χ0v) is 14.8. The van der Waals surface area contributed by atoms with Gasteiger partial charge in [0.15, 0.2) is 12.7 Å². The Balaban J connectivity index is 1.46. The van der Waals surface area contributed by atoms with Crippen LogP contribution in [0.2, 0.25) is 0 Å². The summed E-state index contributed by atoms with van der Waals surface area (Å²) in [6.45, 7) is 0.896. The van der Waals surface area contributed by atoms with Crippen molar-refractivity contribution in [3.63, 3.8) is 0 Å². The second-order valence-electron chi connectivity index (χ2n) is 5.65. The number of halogens is 1. The van der Waals surface area contributed by atoms with E-state index in [2.05, 4.69) is 15.5 Å². The lowest BCUT2D eigenvalue weighted by Crippen LogP contribution is -2.29. The number of esters is 1. The normalized spacial score (nSPS) is 11.5. The molecule has 1 amide bonds. The van der Waals surface area contributed by atoms with Gasteiger partial charge in [0.25, 0.3) is 5.91 Å². The Morgan fingerprint density at radius 2 is 1.82 bits per heavy atom. The molecule has 0 saturated heterocycles. The summed E-state index contributed by atoms with van der Waals surface area (Å²) in [6.07, 6.45) is -0.980. The van der Waals surface area contributed by atoms with Gasteiger partial charge in [-0.1, -0.05) is 23.3 Å². The monoisotopic (exact) mass is 385 g/mol. The van der Waals surface area contributed by atoms with Crippen LogP contribution in [0, 0.1) is 5.82 Å². The lowest BCUT2D eigenvalue weighted by molar-refractivity contribution is -0.153. The fourth-order valence-corrected chi connectivity index (χ4v) is 2.15. The lowest BCUT2D eigenvalue weighted by atomic mass is 10.2. The van der Waals surface area contributed by atoms with E-state index in [-0.39, 0.29) is 11.9 Å². The molecular formula is C19H16FN3O5. The van der Waals surface area contributed by atoms with Gasteiger partial charge in [0.05, 0.1) is 0 Å². The highest BCUT2D eigenvalue weighted by molar-refractivity contribution is 5.91. The first-order chi connectivity index (χ1) is 13.5. The van der Waals surface area contributed by atoms with Crippen molar-refractivity contribution in [3.05, 3.63) is 60.4 Å². The minimum absolute atomic E-state index is 0.115. The van der Waals surface area contributed by atoms with Crippen molar-refractivity contribution in [3.8, 4) is 17.2 Å². The van der Waals surface area contributed by atoms with Crippen molar-refractivity contribution < 1.29 is 27.9 Å². The number of ether oxygens (including phenoxy) is 2. The molecular weight excluding hydrogens is 369 g/mol. The van der Waals surface area contributed by atoms with E-state index in [1.54, 1.807) is 12.1 Å². The molecule has 0 radical (unpaired) electrons. The molecule has 0 spiro atoms. The fraction of sp³-hybridized carbons (Fsp3) is 0.158. The van der Waals surface area contributed by atoms with Crippen molar-refractivity contribution >= 4 is 17.9 Å². The van der Waals surface area contributed by atoms with E-state index in [0.717, 1.165) is 0 Å². The van der Waals surface area contributed by atoms with E-state index in [1.807, 2.05) is 18.2 Å². The maximum absolute atomic E-state index is 12.9. The van der Waals surface area contributed by atoms with Gasteiger partial charge < -0.3 is 13.9 Å². The number of carbonyl (C=O) groups is 2. The molecule has 0 aliphatic carbocycles. The summed E-state index contributed by atoms with van der Waals surface area (Å²) in [5.41, 5.74) is 0.702.